The van der Waals surface area contributed by atoms with Crippen molar-refractivity contribution in [3.63, 3.8) is 0 Å². The van der Waals surface area contributed by atoms with Crippen molar-refractivity contribution in [2.24, 2.45) is 5.92 Å². The van der Waals surface area contributed by atoms with Crippen LogP contribution < -0.4 is 10.1 Å². The minimum Gasteiger partial charge on any atom is -0.497 e. The van der Waals surface area contributed by atoms with Gasteiger partial charge in [-0.15, -0.1) is 0 Å². The van der Waals surface area contributed by atoms with Crippen LogP contribution in [0, 0.1) is 9.49 Å². The molecule has 0 bridgehead atoms. The molecule has 1 N–H and O–H groups in total. The standard InChI is InChI=1S/C18H20INO2/c1-13(11-14-3-9-17(22-2)10-4-14)12-18(21)20-16-7-5-15(19)6-8-16/h3-10,13H,11-12H2,1-2H3,(H,20,21)/t13-/m1/s1. The first-order valence-electron chi connectivity index (χ1n) is 7.25. The second kappa shape index (κ2) is 8.17. The van der Waals surface area contributed by atoms with Crippen LogP contribution in [0.4, 0.5) is 5.69 Å². The number of halogens is 1. The number of amides is 1. The molecule has 0 radical (unpaired) electrons. The molecule has 22 heavy (non-hydrogen) atoms. The monoisotopic (exact) mass is 409 g/mol. The molecule has 0 saturated carbocycles. The molecule has 0 aliphatic heterocycles. The van der Waals surface area contributed by atoms with E-state index in [1.54, 1.807) is 7.11 Å². The van der Waals surface area contributed by atoms with Crippen molar-refractivity contribution in [1.29, 1.82) is 0 Å². The Morgan fingerprint density at radius 2 is 1.77 bits per heavy atom. The van der Waals surface area contributed by atoms with Gasteiger partial charge in [0.15, 0.2) is 0 Å². The predicted octanol–water partition coefficient (Wildman–Crippen LogP) is 4.51. The van der Waals surface area contributed by atoms with Crippen LogP contribution in [0.3, 0.4) is 0 Å². The van der Waals surface area contributed by atoms with Gasteiger partial charge in [-0.25, -0.2) is 0 Å². The molecule has 1 atom stereocenters. The third-order valence-electron chi connectivity index (χ3n) is 3.41. The van der Waals surface area contributed by atoms with Gasteiger partial charge in [-0.1, -0.05) is 19.1 Å². The number of carbonyl (C=O) groups excluding carboxylic acids is 1. The number of methoxy groups -OCH3 is 1. The van der Waals surface area contributed by atoms with Gasteiger partial charge in [0.05, 0.1) is 7.11 Å². The number of hydrogen-bond acceptors (Lipinski definition) is 2. The fourth-order valence-corrected chi connectivity index (χ4v) is 2.66. The smallest absolute Gasteiger partial charge is 0.224 e. The minimum absolute atomic E-state index is 0.0576. The third kappa shape index (κ3) is 5.33. The molecule has 2 aromatic carbocycles. The SMILES string of the molecule is COc1ccc(C[C@@H](C)CC(=O)Nc2ccc(I)cc2)cc1. The molecule has 3 nitrogen and oxygen atoms in total. The summed E-state index contributed by atoms with van der Waals surface area (Å²) in [7, 11) is 1.66. The maximum atomic E-state index is 12.1. The lowest BCUT2D eigenvalue weighted by Gasteiger charge is -2.12. The van der Waals surface area contributed by atoms with Crippen LogP contribution in [-0.4, -0.2) is 13.0 Å². The molecule has 0 heterocycles. The van der Waals surface area contributed by atoms with Gasteiger partial charge in [0, 0.05) is 15.7 Å². The van der Waals surface area contributed by atoms with Crippen molar-refractivity contribution in [3.8, 4) is 5.75 Å². The van der Waals surface area contributed by atoms with Gasteiger partial charge >= 0.3 is 0 Å². The summed E-state index contributed by atoms with van der Waals surface area (Å²) in [6.07, 6.45) is 1.39. The van der Waals surface area contributed by atoms with Crippen LogP contribution in [0.25, 0.3) is 0 Å². The number of anilines is 1. The van der Waals surface area contributed by atoms with Gasteiger partial charge in [0.25, 0.3) is 0 Å². The molecular formula is C18H20INO2. The van der Waals surface area contributed by atoms with Gasteiger partial charge in [-0.3, -0.25) is 4.79 Å². The van der Waals surface area contributed by atoms with E-state index in [9.17, 15) is 4.79 Å². The van der Waals surface area contributed by atoms with Gasteiger partial charge in [-0.05, 0) is 76.9 Å². The molecule has 2 aromatic rings. The van der Waals surface area contributed by atoms with Crippen molar-refractivity contribution >= 4 is 34.2 Å². The van der Waals surface area contributed by atoms with E-state index in [0.717, 1.165) is 21.4 Å². The lowest BCUT2D eigenvalue weighted by molar-refractivity contribution is -0.116. The topological polar surface area (TPSA) is 38.3 Å². The summed E-state index contributed by atoms with van der Waals surface area (Å²) in [6.45, 7) is 2.09. The van der Waals surface area contributed by atoms with E-state index in [1.807, 2.05) is 48.5 Å². The number of hydrogen-bond donors (Lipinski definition) is 1. The first-order valence-corrected chi connectivity index (χ1v) is 8.33. The quantitative estimate of drug-likeness (QED) is 0.714. The zero-order chi connectivity index (χ0) is 15.9. The molecular weight excluding hydrogens is 389 g/mol. The summed E-state index contributed by atoms with van der Waals surface area (Å²) in [5.41, 5.74) is 2.07. The summed E-state index contributed by atoms with van der Waals surface area (Å²) in [5, 5.41) is 2.94. The molecule has 1 amide bonds. The summed E-state index contributed by atoms with van der Waals surface area (Å²) in [5.74, 6) is 1.20. The van der Waals surface area contributed by atoms with Gasteiger partial charge in [-0.2, -0.15) is 0 Å². The highest BCUT2D eigenvalue weighted by Crippen LogP contribution is 2.17. The maximum Gasteiger partial charge on any atom is 0.224 e. The molecule has 0 aliphatic rings. The zero-order valence-corrected chi connectivity index (χ0v) is 15.0. The molecule has 0 fully saturated rings. The Labute approximate surface area is 145 Å². The fraction of sp³-hybridized carbons (Fsp3) is 0.278. The molecule has 0 unspecified atom stereocenters. The van der Waals surface area contributed by atoms with Crippen LogP contribution in [0.15, 0.2) is 48.5 Å². The van der Waals surface area contributed by atoms with E-state index in [-0.39, 0.29) is 11.8 Å². The van der Waals surface area contributed by atoms with Crippen LogP contribution in [-0.2, 0) is 11.2 Å². The Bertz CT molecular complexity index is 608. The number of carbonyl (C=O) groups is 1. The zero-order valence-electron chi connectivity index (χ0n) is 12.8. The van der Waals surface area contributed by atoms with E-state index < -0.39 is 0 Å². The van der Waals surface area contributed by atoms with Crippen LogP contribution in [0.5, 0.6) is 5.75 Å². The lowest BCUT2D eigenvalue weighted by Crippen LogP contribution is -2.16. The Hall–Kier alpha value is -1.56. The highest BCUT2D eigenvalue weighted by atomic mass is 127. The summed E-state index contributed by atoms with van der Waals surface area (Å²) >= 11 is 2.25. The highest BCUT2D eigenvalue weighted by Gasteiger charge is 2.10. The van der Waals surface area contributed by atoms with Gasteiger partial charge in [0.1, 0.15) is 5.75 Å². The summed E-state index contributed by atoms with van der Waals surface area (Å²) < 4.78 is 6.30. The Morgan fingerprint density at radius 3 is 2.36 bits per heavy atom. The maximum absolute atomic E-state index is 12.1. The van der Waals surface area contributed by atoms with E-state index in [0.29, 0.717) is 6.42 Å². The lowest BCUT2D eigenvalue weighted by atomic mass is 9.97. The number of rotatable bonds is 6. The largest absolute Gasteiger partial charge is 0.497 e. The average molecular weight is 409 g/mol. The van der Waals surface area contributed by atoms with Crippen molar-refractivity contribution in [1.82, 2.24) is 0 Å². The molecule has 4 heteroatoms. The first-order chi connectivity index (χ1) is 10.6. The molecule has 0 aliphatic carbocycles. The molecule has 0 saturated heterocycles. The molecule has 2 rings (SSSR count). The average Bonchev–Trinajstić information content (AvgIpc) is 2.50. The predicted molar refractivity (Wildman–Crippen MR) is 98.3 cm³/mol. The Kier molecular flexibility index (Phi) is 6.24. The van der Waals surface area contributed by atoms with E-state index in [1.165, 1.54) is 5.56 Å². The van der Waals surface area contributed by atoms with E-state index in [4.69, 9.17) is 4.74 Å². The first kappa shape index (κ1) is 16.8. The third-order valence-corrected chi connectivity index (χ3v) is 4.12. The minimum atomic E-state index is 0.0576. The van der Waals surface area contributed by atoms with Crippen molar-refractivity contribution < 1.29 is 9.53 Å². The van der Waals surface area contributed by atoms with Crippen molar-refractivity contribution in [3.05, 3.63) is 57.7 Å². The van der Waals surface area contributed by atoms with E-state index in [2.05, 4.69) is 34.8 Å². The van der Waals surface area contributed by atoms with Gasteiger partial charge in [0.2, 0.25) is 5.91 Å². The number of benzene rings is 2. The number of nitrogens with one attached hydrogen (secondary N) is 1. The number of ether oxygens (including phenoxy) is 1. The molecule has 0 spiro atoms. The molecule has 116 valence electrons. The fourth-order valence-electron chi connectivity index (χ4n) is 2.30. The highest BCUT2D eigenvalue weighted by molar-refractivity contribution is 14.1. The summed E-state index contributed by atoms with van der Waals surface area (Å²) in [4.78, 5) is 12.1. The normalized spacial score (nSPS) is 11.8. The Balaban J connectivity index is 1.83. The van der Waals surface area contributed by atoms with Crippen molar-refractivity contribution in [2.45, 2.75) is 19.8 Å². The van der Waals surface area contributed by atoms with E-state index >= 15 is 0 Å². The summed E-state index contributed by atoms with van der Waals surface area (Å²) in [6, 6.07) is 15.8. The van der Waals surface area contributed by atoms with Crippen molar-refractivity contribution in [2.75, 3.05) is 12.4 Å². The van der Waals surface area contributed by atoms with Gasteiger partial charge < -0.3 is 10.1 Å². The second-order valence-corrected chi connectivity index (χ2v) is 6.66. The second-order valence-electron chi connectivity index (χ2n) is 5.42. The van der Waals surface area contributed by atoms with Crippen LogP contribution >= 0.6 is 22.6 Å². The van der Waals surface area contributed by atoms with Crippen LogP contribution in [0.1, 0.15) is 18.9 Å². The molecule has 0 aromatic heterocycles. The van der Waals surface area contributed by atoms with Crippen LogP contribution in [0.2, 0.25) is 0 Å². The Morgan fingerprint density at radius 1 is 1.14 bits per heavy atom.